The zero-order valence-electron chi connectivity index (χ0n) is 19.2. The third-order valence-electron chi connectivity index (χ3n) is 5.11. The van der Waals surface area contributed by atoms with Crippen LogP contribution in [0, 0.1) is 0 Å². The van der Waals surface area contributed by atoms with E-state index in [1.807, 2.05) is 0 Å². The monoisotopic (exact) mass is 469 g/mol. The number of β-amino-alcohol motifs (C(OH)–C–C–N with tert-alkyl or cyclic N) is 2. The van der Waals surface area contributed by atoms with Gasteiger partial charge in [-0.15, -0.1) is 0 Å². The summed E-state index contributed by atoms with van der Waals surface area (Å²) in [6.45, 7) is 3.21. The van der Waals surface area contributed by atoms with Crippen molar-refractivity contribution >= 4 is 21.7 Å². The summed E-state index contributed by atoms with van der Waals surface area (Å²) in [5.74, 6) is -0.531. The van der Waals surface area contributed by atoms with Gasteiger partial charge >= 0.3 is 35.4 Å². The number of ketones is 1. The zero-order valence-corrected chi connectivity index (χ0v) is 22.0. The molecule has 1 atom stereocenters. The standard InChI is InChI=1S/C21H38N2O6S.Na/c1-2-3-4-5-6-7-8-9-10-11-12-20(26)21-22(15-16-24)13-14-23(21)17-19(25)18-30(27,28)29;/h3-4,19,24-25H,2,5-18H2,1H3;/q;+1/b4-3+;. The third kappa shape index (κ3) is 13.8. The number of amidine groups is 1. The number of hydrogen-bond donors (Lipinski definition) is 2. The van der Waals surface area contributed by atoms with Crippen LogP contribution in [0.1, 0.15) is 64.7 Å². The van der Waals surface area contributed by atoms with E-state index >= 15 is 0 Å². The average molecular weight is 470 g/mol. The number of hydrogen-bond acceptors (Lipinski definition) is 7. The normalized spacial score (nSPS) is 15.5. The second-order valence-electron chi connectivity index (χ2n) is 7.82. The van der Waals surface area contributed by atoms with Crippen molar-refractivity contribution in [1.29, 1.82) is 0 Å². The number of nitrogens with zero attached hydrogens (tertiary/aromatic N) is 2. The van der Waals surface area contributed by atoms with Gasteiger partial charge in [0.15, 0.2) is 0 Å². The smallest absolute Gasteiger partial charge is 0.748 e. The minimum atomic E-state index is -4.54. The summed E-state index contributed by atoms with van der Waals surface area (Å²) in [7, 11) is -4.54. The number of unbranched alkanes of at least 4 members (excludes halogenated alkanes) is 6. The van der Waals surface area contributed by atoms with Crippen LogP contribution in [0.4, 0.5) is 0 Å². The van der Waals surface area contributed by atoms with Gasteiger partial charge in [-0.05, 0) is 25.7 Å². The van der Waals surface area contributed by atoms with Crippen molar-refractivity contribution in [3.8, 4) is 0 Å². The van der Waals surface area contributed by atoms with E-state index < -0.39 is 22.0 Å². The van der Waals surface area contributed by atoms with Gasteiger partial charge in [-0.25, -0.2) is 8.42 Å². The number of aliphatic hydroxyl groups excluding tert-OH is 2. The Morgan fingerprint density at radius 1 is 1.19 bits per heavy atom. The largest absolute Gasteiger partial charge is 1.00 e. The Balaban J connectivity index is 0.00000900. The van der Waals surface area contributed by atoms with Crippen molar-refractivity contribution in [3.63, 3.8) is 0 Å². The quantitative estimate of drug-likeness (QED) is 0.0854. The number of allylic oxidation sites excluding steroid dienone is 2. The molecule has 8 nitrogen and oxygen atoms in total. The van der Waals surface area contributed by atoms with Crippen LogP contribution in [0.15, 0.2) is 12.2 Å². The summed E-state index contributed by atoms with van der Waals surface area (Å²) in [5, 5.41) is 19.2. The van der Waals surface area contributed by atoms with Gasteiger partial charge < -0.3 is 14.8 Å². The fourth-order valence-electron chi connectivity index (χ4n) is 3.72. The first-order chi connectivity index (χ1) is 14.3. The first kappa shape index (κ1) is 30.7. The van der Waals surface area contributed by atoms with Crippen LogP contribution < -0.4 is 29.6 Å². The number of aliphatic hydroxyl groups is 2. The number of carbonyl (C=O) groups is 1. The van der Waals surface area contributed by atoms with Crippen LogP contribution >= 0.6 is 0 Å². The summed E-state index contributed by atoms with van der Waals surface area (Å²) in [4.78, 5) is 14.5. The molecular formula is C21H38N2NaO6S+. The molecule has 10 heteroatoms. The Hall–Kier alpha value is -0.290. The van der Waals surface area contributed by atoms with Crippen molar-refractivity contribution < 1.29 is 62.1 Å². The molecule has 1 rings (SSSR count). The molecule has 0 saturated carbocycles. The van der Waals surface area contributed by atoms with Gasteiger partial charge in [0.2, 0.25) is 5.78 Å². The Morgan fingerprint density at radius 2 is 1.84 bits per heavy atom. The molecule has 0 amide bonds. The number of Topliss-reactive ketones (excluding diaryl/α,β-unsaturated/α-hetero) is 1. The molecule has 0 aromatic heterocycles. The Morgan fingerprint density at radius 3 is 2.45 bits per heavy atom. The van der Waals surface area contributed by atoms with Gasteiger partial charge in [0.05, 0.1) is 22.5 Å². The summed E-state index contributed by atoms with van der Waals surface area (Å²) >= 11 is 0. The van der Waals surface area contributed by atoms with E-state index in [1.54, 1.807) is 9.48 Å². The second-order valence-corrected chi connectivity index (χ2v) is 9.27. The number of carbonyl (C=O) groups excluding carboxylic acids is 1. The molecule has 0 radical (unpaired) electrons. The van der Waals surface area contributed by atoms with Crippen LogP contribution in [0.3, 0.4) is 0 Å². The number of rotatable bonds is 17. The molecular weight excluding hydrogens is 431 g/mol. The van der Waals surface area contributed by atoms with Crippen LogP contribution in [0.25, 0.3) is 0 Å². The topological polar surface area (TPSA) is 121 Å². The van der Waals surface area contributed by atoms with Crippen LogP contribution in [-0.2, 0) is 14.9 Å². The SMILES string of the molecule is CC/C=C/CCCCCCCCC(=O)C1=[N+](CC(O)CS(=O)(=O)[O-])CCN1CCO.[Na+]. The van der Waals surface area contributed by atoms with Gasteiger partial charge in [0.25, 0.3) is 0 Å². The molecule has 0 aliphatic carbocycles. The fourth-order valence-corrected chi connectivity index (χ4v) is 4.29. The molecule has 0 saturated heterocycles. The maximum Gasteiger partial charge on any atom is 1.00 e. The van der Waals surface area contributed by atoms with Crippen molar-refractivity contribution in [1.82, 2.24) is 4.90 Å². The third-order valence-corrected chi connectivity index (χ3v) is 5.91. The molecule has 31 heavy (non-hydrogen) atoms. The molecule has 174 valence electrons. The minimum absolute atomic E-state index is 0. The Bertz CT molecular complexity index is 681. The summed E-state index contributed by atoms with van der Waals surface area (Å²) < 4.78 is 34.2. The first-order valence-corrected chi connectivity index (χ1v) is 12.6. The minimum Gasteiger partial charge on any atom is -0.748 e. The van der Waals surface area contributed by atoms with E-state index in [1.165, 1.54) is 12.8 Å². The summed E-state index contributed by atoms with van der Waals surface area (Å²) in [5.41, 5.74) is 0. The Labute approximate surface area is 209 Å². The van der Waals surface area contributed by atoms with Crippen molar-refractivity contribution in [2.24, 2.45) is 0 Å². The predicted molar refractivity (Wildman–Crippen MR) is 116 cm³/mol. The Kier molecular flexibility index (Phi) is 17.1. The molecule has 2 N–H and O–H groups in total. The van der Waals surface area contributed by atoms with Gasteiger partial charge in [-0.2, -0.15) is 0 Å². The fraction of sp³-hybridized carbons (Fsp3) is 0.810. The second kappa shape index (κ2) is 17.2. The van der Waals surface area contributed by atoms with Gasteiger partial charge in [-0.3, -0.25) is 14.3 Å². The van der Waals surface area contributed by atoms with E-state index in [0.717, 1.165) is 38.5 Å². The average Bonchev–Trinajstić information content (AvgIpc) is 3.04. The molecule has 0 aromatic rings. The van der Waals surface area contributed by atoms with Crippen molar-refractivity contribution in [3.05, 3.63) is 12.2 Å². The zero-order chi connectivity index (χ0) is 22.4. The molecule has 1 aliphatic heterocycles. The van der Waals surface area contributed by atoms with E-state index in [0.29, 0.717) is 31.9 Å². The first-order valence-electron chi connectivity index (χ1n) is 11.1. The van der Waals surface area contributed by atoms with E-state index in [9.17, 15) is 28.0 Å². The van der Waals surface area contributed by atoms with Crippen LogP contribution in [0.2, 0.25) is 0 Å². The van der Waals surface area contributed by atoms with E-state index in [2.05, 4.69) is 19.1 Å². The van der Waals surface area contributed by atoms with Gasteiger partial charge in [0, 0.05) is 6.42 Å². The molecule has 0 bridgehead atoms. The van der Waals surface area contributed by atoms with Crippen molar-refractivity contribution in [2.45, 2.75) is 70.8 Å². The van der Waals surface area contributed by atoms with Gasteiger partial charge in [-0.1, -0.05) is 44.8 Å². The molecule has 0 spiro atoms. The molecule has 0 fully saturated rings. The van der Waals surface area contributed by atoms with Crippen LogP contribution in [-0.4, -0.2) is 88.9 Å². The van der Waals surface area contributed by atoms with Crippen molar-refractivity contribution in [2.75, 3.05) is 38.5 Å². The molecule has 1 unspecified atom stereocenters. The predicted octanol–water partition coefficient (Wildman–Crippen LogP) is -1.73. The summed E-state index contributed by atoms with van der Waals surface area (Å²) in [6.07, 6.45) is 12.0. The van der Waals surface area contributed by atoms with Crippen LogP contribution in [0.5, 0.6) is 0 Å². The van der Waals surface area contributed by atoms with Gasteiger partial charge in [0.1, 0.15) is 32.3 Å². The van der Waals surface area contributed by atoms with E-state index in [-0.39, 0.29) is 48.5 Å². The summed E-state index contributed by atoms with van der Waals surface area (Å²) in [6, 6.07) is 0. The maximum atomic E-state index is 12.8. The molecule has 0 aromatic carbocycles. The molecule has 1 aliphatic rings. The molecule has 1 heterocycles. The maximum absolute atomic E-state index is 12.8. The van der Waals surface area contributed by atoms with E-state index in [4.69, 9.17) is 0 Å².